The molecule has 0 aromatic heterocycles. The number of carbonyl (C=O) groups excluding carboxylic acids is 1. The Kier molecular flexibility index (Phi) is 5.09. The summed E-state index contributed by atoms with van der Waals surface area (Å²) in [4.78, 5) is 10.3. The van der Waals surface area contributed by atoms with Crippen molar-refractivity contribution in [3.8, 4) is 0 Å². The Balaban J connectivity index is 6.15. The lowest BCUT2D eigenvalue weighted by molar-refractivity contribution is -0.373. The Bertz CT molecular complexity index is 341. The molecule has 14 heteroatoms. The van der Waals surface area contributed by atoms with Crippen molar-refractivity contribution < 1.29 is 49.0 Å². The van der Waals surface area contributed by atoms with Crippen LogP contribution < -0.4 is 0 Å². The summed E-state index contributed by atoms with van der Waals surface area (Å²) in [6.07, 6.45) is -19.5. The molecule has 0 bridgehead atoms. The van der Waals surface area contributed by atoms with Crippen LogP contribution in [0.25, 0.3) is 0 Å². The number of esters is 1. The third-order valence-corrected chi connectivity index (χ3v) is 2.47. The molecular formula is C6Cl3F9O2. The molecule has 2 nitrogen and oxygen atoms in total. The summed E-state index contributed by atoms with van der Waals surface area (Å²) in [5, 5.41) is 0. The van der Waals surface area contributed by atoms with E-state index in [0.717, 1.165) is 0 Å². The average Bonchev–Trinajstić information content (AvgIpc) is 2.04. The van der Waals surface area contributed by atoms with Crippen LogP contribution in [0.15, 0.2) is 0 Å². The first-order valence-corrected chi connectivity index (χ1v) is 5.01. The second kappa shape index (κ2) is 5.16. The van der Waals surface area contributed by atoms with Gasteiger partial charge in [0, 0.05) is 0 Å². The molecule has 0 atom stereocenters. The van der Waals surface area contributed by atoms with Gasteiger partial charge in [-0.2, -0.15) is 39.5 Å². The predicted octanol–water partition coefficient (Wildman–Crippen LogP) is 4.33. The molecule has 0 aliphatic carbocycles. The third-order valence-electron chi connectivity index (χ3n) is 1.67. The van der Waals surface area contributed by atoms with Crippen LogP contribution in [-0.4, -0.2) is 33.9 Å². The summed E-state index contributed by atoms with van der Waals surface area (Å²) in [5.41, 5.74) is -5.98. The van der Waals surface area contributed by atoms with Crippen LogP contribution in [0.5, 0.6) is 0 Å². The van der Waals surface area contributed by atoms with E-state index < -0.39 is 33.9 Å². The second-order valence-electron chi connectivity index (χ2n) is 3.06. The molecule has 0 heterocycles. The fourth-order valence-electron chi connectivity index (χ4n) is 0.853. The van der Waals surface area contributed by atoms with Gasteiger partial charge in [-0.15, -0.1) is 0 Å². The van der Waals surface area contributed by atoms with E-state index >= 15 is 0 Å². The SMILES string of the molecule is O=C(OC(C(F)(F)F)(C(F)(F)F)C(Cl)(Cl)Cl)C(F)(F)F. The topological polar surface area (TPSA) is 26.3 Å². The molecular weight excluding hydrogens is 381 g/mol. The van der Waals surface area contributed by atoms with Crippen LogP contribution in [0.4, 0.5) is 39.5 Å². The molecule has 0 saturated carbocycles. The van der Waals surface area contributed by atoms with Gasteiger partial charge in [0.05, 0.1) is 0 Å². The number of carbonyl (C=O) groups is 1. The smallest absolute Gasteiger partial charge is 0.429 e. The van der Waals surface area contributed by atoms with E-state index in [4.69, 9.17) is 0 Å². The Morgan fingerprint density at radius 3 is 1.20 bits per heavy atom. The minimum absolute atomic E-state index is 2.49. The summed E-state index contributed by atoms with van der Waals surface area (Å²) in [5.74, 6) is -3.82. The highest BCUT2D eigenvalue weighted by Crippen LogP contribution is 2.58. The fraction of sp³-hybridized carbons (Fsp3) is 0.833. The molecule has 120 valence electrons. The van der Waals surface area contributed by atoms with Gasteiger partial charge in [0.15, 0.2) is 0 Å². The lowest BCUT2D eigenvalue weighted by Crippen LogP contribution is -2.68. The molecule has 0 saturated heterocycles. The Hall–Kier alpha value is -0.290. The molecule has 0 aromatic rings. The molecule has 0 radical (unpaired) electrons. The van der Waals surface area contributed by atoms with Crippen molar-refractivity contribution in [1.29, 1.82) is 0 Å². The second-order valence-corrected chi connectivity index (χ2v) is 5.34. The van der Waals surface area contributed by atoms with Gasteiger partial charge in [-0.1, -0.05) is 34.8 Å². The fourth-order valence-corrected chi connectivity index (χ4v) is 1.61. The Morgan fingerprint density at radius 1 is 0.750 bits per heavy atom. The van der Waals surface area contributed by atoms with Gasteiger partial charge < -0.3 is 4.74 Å². The summed E-state index contributed by atoms with van der Waals surface area (Å²) in [7, 11) is 0. The van der Waals surface area contributed by atoms with Crippen molar-refractivity contribution in [2.75, 3.05) is 0 Å². The van der Waals surface area contributed by atoms with Gasteiger partial charge >= 0.3 is 30.1 Å². The predicted molar refractivity (Wildman–Crippen MR) is 47.3 cm³/mol. The van der Waals surface area contributed by atoms with Crippen molar-refractivity contribution in [3.05, 3.63) is 0 Å². The first-order chi connectivity index (χ1) is 8.38. The third kappa shape index (κ3) is 3.48. The van der Waals surface area contributed by atoms with Crippen LogP contribution in [-0.2, 0) is 9.53 Å². The largest absolute Gasteiger partial charge is 0.490 e. The van der Waals surface area contributed by atoms with E-state index in [2.05, 4.69) is 39.5 Å². The van der Waals surface area contributed by atoms with E-state index in [1.54, 1.807) is 0 Å². The van der Waals surface area contributed by atoms with Gasteiger partial charge in [0.2, 0.25) is 3.79 Å². The molecule has 0 fully saturated rings. The highest BCUT2D eigenvalue weighted by Gasteiger charge is 2.84. The van der Waals surface area contributed by atoms with Crippen molar-refractivity contribution in [2.45, 2.75) is 27.9 Å². The van der Waals surface area contributed by atoms with Gasteiger partial charge in [0.1, 0.15) is 0 Å². The van der Waals surface area contributed by atoms with Gasteiger partial charge in [-0.25, -0.2) is 4.79 Å². The van der Waals surface area contributed by atoms with Gasteiger partial charge in [-0.3, -0.25) is 0 Å². The van der Waals surface area contributed by atoms with Crippen molar-refractivity contribution in [2.24, 2.45) is 0 Å². The average molecular weight is 381 g/mol. The van der Waals surface area contributed by atoms with Crippen LogP contribution in [0, 0.1) is 0 Å². The summed E-state index contributed by atoms with van der Waals surface area (Å²) < 4.78 is 108. The molecule has 0 rings (SSSR count). The number of hydrogen-bond donors (Lipinski definition) is 0. The van der Waals surface area contributed by atoms with Crippen molar-refractivity contribution >= 4 is 40.8 Å². The lowest BCUT2D eigenvalue weighted by atomic mass is 10.0. The minimum atomic E-state index is -6.68. The normalized spacial score (nSPS) is 15.2. The van der Waals surface area contributed by atoms with Gasteiger partial charge in [-0.05, 0) is 0 Å². The highest BCUT2D eigenvalue weighted by molar-refractivity contribution is 6.68. The summed E-state index contributed by atoms with van der Waals surface area (Å²) in [6.45, 7) is 0. The summed E-state index contributed by atoms with van der Waals surface area (Å²) in [6, 6.07) is 0. The molecule has 0 aliphatic rings. The molecule has 0 amide bonds. The van der Waals surface area contributed by atoms with Crippen molar-refractivity contribution in [1.82, 2.24) is 0 Å². The van der Waals surface area contributed by atoms with E-state index in [0.29, 0.717) is 0 Å². The van der Waals surface area contributed by atoms with E-state index in [1.165, 1.54) is 0 Å². The Labute approximate surface area is 118 Å². The zero-order valence-electron chi connectivity index (χ0n) is 8.35. The maximum absolute atomic E-state index is 12.5. The Morgan fingerprint density at radius 2 is 1.05 bits per heavy atom. The molecule has 0 N–H and O–H groups in total. The van der Waals surface area contributed by atoms with Crippen molar-refractivity contribution in [3.63, 3.8) is 0 Å². The zero-order chi connectivity index (χ0) is 16.8. The first kappa shape index (κ1) is 19.7. The monoisotopic (exact) mass is 380 g/mol. The molecule has 0 spiro atoms. The quantitative estimate of drug-likeness (QED) is 0.384. The van der Waals surface area contributed by atoms with Crippen LogP contribution in [0.2, 0.25) is 0 Å². The number of ether oxygens (including phenoxy) is 1. The molecule has 0 aliphatic heterocycles. The van der Waals surface area contributed by atoms with Crippen LogP contribution in [0.3, 0.4) is 0 Å². The zero-order valence-corrected chi connectivity index (χ0v) is 10.6. The number of rotatable bonds is 1. The molecule has 0 unspecified atom stereocenters. The standard InChI is InChI=1S/C6Cl3F9O2/c7-4(8,9)3(5(13,14)15,6(16,17)18)20-1(19)2(10,11)12. The van der Waals surface area contributed by atoms with Gasteiger partial charge in [0.25, 0.3) is 0 Å². The number of halogens is 12. The maximum Gasteiger partial charge on any atom is 0.490 e. The number of alkyl halides is 12. The van der Waals surface area contributed by atoms with E-state index in [9.17, 15) is 44.3 Å². The van der Waals surface area contributed by atoms with Crippen LogP contribution in [0.1, 0.15) is 0 Å². The highest BCUT2D eigenvalue weighted by atomic mass is 35.6. The first-order valence-electron chi connectivity index (χ1n) is 3.88. The number of hydrogen-bond acceptors (Lipinski definition) is 2. The maximum atomic E-state index is 12.5. The lowest BCUT2D eigenvalue weighted by Gasteiger charge is -2.40. The summed E-state index contributed by atoms with van der Waals surface area (Å²) >= 11 is 13.4. The molecule has 20 heavy (non-hydrogen) atoms. The van der Waals surface area contributed by atoms with E-state index in [1.807, 2.05) is 0 Å². The minimum Gasteiger partial charge on any atom is -0.429 e. The van der Waals surface area contributed by atoms with E-state index in [-0.39, 0.29) is 0 Å². The molecule has 0 aromatic carbocycles. The van der Waals surface area contributed by atoms with Crippen LogP contribution >= 0.6 is 34.8 Å².